The van der Waals surface area contributed by atoms with Gasteiger partial charge in [0.05, 0.1) is 5.69 Å². The molecule has 0 fully saturated rings. The van der Waals surface area contributed by atoms with Gasteiger partial charge in [-0.25, -0.2) is 9.37 Å². The molecule has 3 heterocycles. The van der Waals surface area contributed by atoms with Crippen molar-refractivity contribution in [1.82, 2.24) is 19.6 Å². The predicted molar refractivity (Wildman–Crippen MR) is 101 cm³/mol. The normalized spacial score (nSPS) is 11.5. The zero-order valence-electron chi connectivity index (χ0n) is 13.1. The number of aromatic nitrogens is 4. The summed E-state index contributed by atoms with van der Waals surface area (Å²) in [5.41, 5.74) is 1.47. The van der Waals surface area contributed by atoms with Crippen LogP contribution in [0.3, 0.4) is 0 Å². The third kappa shape index (κ3) is 3.14. The molecule has 0 bridgehead atoms. The monoisotopic (exact) mass is 384 g/mol. The van der Waals surface area contributed by atoms with Gasteiger partial charge in [-0.2, -0.15) is 9.61 Å². The molecule has 0 aliphatic heterocycles. The second kappa shape index (κ2) is 6.78. The van der Waals surface area contributed by atoms with Crippen LogP contribution in [-0.4, -0.2) is 19.6 Å². The smallest absolute Gasteiger partial charge is 0.266 e. The van der Waals surface area contributed by atoms with Gasteiger partial charge in [0.25, 0.3) is 5.56 Å². The highest BCUT2D eigenvalue weighted by Crippen LogP contribution is 2.25. The molecule has 0 N–H and O–H groups in total. The molecular formula is C18H10ClFN4OS. The quantitative estimate of drug-likeness (QED) is 0.531. The third-order valence-electron chi connectivity index (χ3n) is 3.59. The van der Waals surface area contributed by atoms with E-state index in [0.717, 1.165) is 10.1 Å². The van der Waals surface area contributed by atoms with E-state index in [1.165, 1.54) is 23.5 Å². The number of hydrogen-bond acceptors (Lipinski definition) is 5. The first-order valence-electron chi connectivity index (χ1n) is 7.55. The van der Waals surface area contributed by atoms with Gasteiger partial charge in [0, 0.05) is 18.0 Å². The summed E-state index contributed by atoms with van der Waals surface area (Å²) in [5.74, 6) is -0.337. The molecule has 0 amide bonds. The van der Waals surface area contributed by atoms with Gasteiger partial charge in [0.15, 0.2) is 0 Å². The lowest BCUT2D eigenvalue weighted by atomic mass is 10.2. The number of rotatable bonds is 3. The lowest BCUT2D eigenvalue weighted by Crippen LogP contribution is -2.16. The minimum Gasteiger partial charge on any atom is -0.266 e. The molecule has 26 heavy (non-hydrogen) atoms. The van der Waals surface area contributed by atoms with E-state index in [2.05, 4.69) is 15.1 Å². The first kappa shape index (κ1) is 16.6. The van der Waals surface area contributed by atoms with E-state index in [4.69, 9.17) is 11.6 Å². The Morgan fingerprint density at radius 1 is 1.15 bits per heavy atom. The summed E-state index contributed by atoms with van der Waals surface area (Å²) in [4.78, 5) is 21.3. The van der Waals surface area contributed by atoms with Crippen LogP contribution >= 0.6 is 22.9 Å². The Hall–Kier alpha value is -2.90. The van der Waals surface area contributed by atoms with Crippen LogP contribution in [-0.2, 0) is 0 Å². The Balaban J connectivity index is 1.79. The summed E-state index contributed by atoms with van der Waals surface area (Å²) in [6.07, 6.45) is 6.81. The minimum absolute atomic E-state index is 0.0152. The second-order valence-electron chi connectivity index (χ2n) is 5.34. The van der Waals surface area contributed by atoms with E-state index >= 15 is 0 Å². The van der Waals surface area contributed by atoms with E-state index in [0.29, 0.717) is 21.2 Å². The summed E-state index contributed by atoms with van der Waals surface area (Å²) in [6, 6.07) is 9.57. The zero-order chi connectivity index (χ0) is 18.1. The molecular weight excluding hydrogens is 375 g/mol. The summed E-state index contributed by atoms with van der Waals surface area (Å²) >= 11 is 7.40. The predicted octanol–water partition coefficient (Wildman–Crippen LogP) is 4.18. The molecule has 0 unspecified atom stereocenters. The van der Waals surface area contributed by atoms with Crippen LogP contribution in [0.25, 0.3) is 27.7 Å². The fourth-order valence-corrected chi connectivity index (χ4v) is 3.40. The van der Waals surface area contributed by atoms with E-state index in [1.54, 1.807) is 36.7 Å². The molecule has 4 rings (SSSR count). The van der Waals surface area contributed by atoms with Crippen LogP contribution in [0, 0.1) is 5.82 Å². The standard InChI is InChI=1S/C18H10ClFN4OS/c19-15-14(8-3-11-2-1-9-21-10-11)22-18-24(17(15)25)23-16(26-18)12-4-6-13(20)7-5-12/h1-10H. The number of fused-ring (bicyclic) bond motifs is 1. The second-order valence-corrected chi connectivity index (χ2v) is 6.68. The molecule has 0 aliphatic carbocycles. The van der Waals surface area contributed by atoms with Crippen LogP contribution in [0.5, 0.6) is 0 Å². The molecule has 0 saturated heterocycles. The summed E-state index contributed by atoms with van der Waals surface area (Å²) in [6.45, 7) is 0. The largest absolute Gasteiger partial charge is 0.294 e. The highest BCUT2D eigenvalue weighted by molar-refractivity contribution is 7.19. The number of nitrogens with zero attached hydrogens (tertiary/aromatic N) is 4. The van der Waals surface area contributed by atoms with Crippen molar-refractivity contribution in [2.45, 2.75) is 0 Å². The fraction of sp³-hybridized carbons (Fsp3) is 0. The molecule has 0 atom stereocenters. The Morgan fingerprint density at radius 3 is 2.69 bits per heavy atom. The highest BCUT2D eigenvalue weighted by atomic mass is 35.5. The van der Waals surface area contributed by atoms with Crippen molar-refractivity contribution in [1.29, 1.82) is 0 Å². The lowest BCUT2D eigenvalue weighted by Gasteiger charge is -1.97. The molecule has 128 valence electrons. The Kier molecular flexibility index (Phi) is 4.32. The fourth-order valence-electron chi connectivity index (χ4n) is 2.31. The average molecular weight is 385 g/mol. The van der Waals surface area contributed by atoms with Crippen molar-refractivity contribution < 1.29 is 4.39 Å². The van der Waals surface area contributed by atoms with Crippen LogP contribution in [0.1, 0.15) is 11.3 Å². The Labute approximate surface area is 156 Å². The van der Waals surface area contributed by atoms with Crippen molar-refractivity contribution >= 4 is 40.1 Å². The SMILES string of the molecule is O=c1c(Cl)c(C=Cc2cccnc2)nc2sc(-c3ccc(F)cc3)nn12. The number of hydrogen-bond donors (Lipinski definition) is 0. The average Bonchev–Trinajstić information content (AvgIpc) is 3.09. The van der Waals surface area contributed by atoms with E-state index in [-0.39, 0.29) is 10.8 Å². The van der Waals surface area contributed by atoms with Gasteiger partial charge < -0.3 is 0 Å². The van der Waals surface area contributed by atoms with Gasteiger partial charge in [-0.3, -0.25) is 9.78 Å². The van der Waals surface area contributed by atoms with Gasteiger partial charge in [-0.1, -0.05) is 35.1 Å². The molecule has 3 aromatic heterocycles. The van der Waals surface area contributed by atoms with Crippen LogP contribution in [0.4, 0.5) is 4.39 Å². The van der Waals surface area contributed by atoms with Crippen molar-refractivity contribution in [2.75, 3.05) is 0 Å². The van der Waals surface area contributed by atoms with Gasteiger partial charge in [-0.15, -0.1) is 0 Å². The van der Waals surface area contributed by atoms with Crippen LogP contribution in [0.15, 0.2) is 53.6 Å². The zero-order valence-corrected chi connectivity index (χ0v) is 14.7. The number of halogens is 2. The number of benzene rings is 1. The van der Waals surface area contributed by atoms with Crippen LogP contribution < -0.4 is 5.56 Å². The molecule has 0 saturated carbocycles. The maximum atomic E-state index is 13.1. The van der Waals surface area contributed by atoms with E-state index in [9.17, 15) is 9.18 Å². The Bertz CT molecular complexity index is 1170. The molecule has 5 nitrogen and oxygen atoms in total. The van der Waals surface area contributed by atoms with Crippen LogP contribution in [0.2, 0.25) is 5.02 Å². The highest BCUT2D eigenvalue weighted by Gasteiger charge is 2.14. The molecule has 0 radical (unpaired) electrons. The molecule has 8 heteroatoms. The van der Waals surface area contributed by atoms with Crippen molar-refractivity contribution in [2.24, 2.45) is 0 Å². The Morgan fingerprint density at radius 2 is 1.96 bits per heavy atom. The van der Waals surface area contributed by atoms with Crippen molar-refractivity contribution in [3.05, 3.63) is 81.2 Å². The maximum absolute atomic E-state index is 13.1. The molecule has 1 aromatic carbocycles. The van der Waals surface area contributed by atoms with E-state index < -0.39 is 5.56 Å². The first-order valence-corrected chi connectivity index (χ1v) is 8.75. The minimum atomic E-state index is -0.452. The van der Waals surface area contributed by atoms with Crippen molar-refractivity contribution in [3.63, 3.8) is 0 Å². The van der Waals surface area contributed by atoms with Gasteiger partial charge in [0.1, 0.15) is 15.8 Å². The summed E-state index contributed by atoms with van der Waals surface area (Å²) in [7, 11) is 0. The summed E-state index contributed by atoms with van der Waals surface area (Å²) in [5, 5.41) is 4.79. The lowest BCUT2D eigenvalue weighted by molar-refractivity contribution is 0.628. The maximum Gasteiger partial charge on any atom is 0.294 e. The van der Waals surface area contributed by atoms with E-state index in [1.807, 2.05) is 12.1 Å². The third-order valence-corrected chi connectivity index (χ3v) is 4.90. The first-order chi connectivity index (χ1) is 12.6. The van der Waals surface area contributed by atoms with Crippen molar-refractivity contribution in [3.8, 4) is 10.6 Å². The molecule has 0 spiro atoms. The topological polar surface area (TPSA) is 60.2 Å². The summed E-state index contributed by atoms with van der Waals surface area (Å²) < 4.78 is 14.2. The van der Waals surface area contributed by atoms with Gasteiger partial charge in [0.2, 0.25) is 4.96 Å². The number of pyridine rings is 1. The van der Waals surface area contributed by atoms with Gasteiger partial charge in [-0.05, 0) is 42.0 Å². The molecule has 4 aromatic rings. The molecule has 0 aliphatic rings. The van der Waals surface area contributed by atoms with Gasteiger partial charge >= 0.3 is 0 Å².